The van der Waals surface area contributed by atoms with Crippen LogP contribution in [0.1, 0.15) is 5.82 Å². The highest BCUT2D eigenvalue weighted by Crippen LogP contribution is 1.95. The predicted octanol–water partition coefficient (Wildman–Crippen LogP) is -0.105. The second-order valence-corrected chi connectivity index (χ2v) is 2.30. The molecule has 1 rings (SSSR count). The number of rotatable bonds is 4. The minimum atomic E-state index is 0.542. The second-order valence-electron chi connectivity index (χ2n) is 2.30. The van der Waals surface area contributed by atoms with E-state index < -0.39 is 0 Å². The van der Waals surface area contributed by atoms with Crippen LogP contribution in [0.5, 0.6) is 0 Å². The van der Waals surface area contributed by atoms with Crippen molar-refractivity contribution in [3.05, 3.63) is 18.2 Å². The van der Waals surface area contributed by atoms with Gasteiger partial charge in [-0.3, -0.25) is 0 Å². The molecule has 0 aliphatic rings. The van der Waals surface area contributed by atoms with Gasteiger partial charge in [-0.15, -0.1) is 0 Å². The molecule has 4 heteroatoms. The van der Waals surface area contributed by atoms with Gasteiger partial charge in [0.2, 0.25) is 0 Å². The highest BCUT2D eigenvalue weighted by atomic mass is 16.5. The molecule has 1 heterocycles. The number of imidazole rings is 1. The number of ether oxygens (including phenoxy) is 1. The van der Waals surface area contributed by atoms with Crippen LogP contribution in [0.3, 0.4) is 0 Å². The predicted molar refractivity (Wildman–Crippen MR) is 41.9 cm³/mol. The Morgan fingerprint density at radius 2 is 2.55 bits per heavy atom. The van der Waals surface area contributed by atoms with Crippen molar-refractivity contribution < 1.29 is 4.74 Å². The van der Waals surface area contributed by atoms with E-state index in [-0.39, 0.29) is 0 Å². The first-order chi connectivity index (χ1) is 5.34. The summed E-state index contributed by atoms with van der Waals surface area (Å²) in [5.74, 6) is 0.929. The lowest BCUT2D eigenvalue weighted by Gasteiger charge is -2.01. The van der Waals surface area contributed by atoms with Crippen molar-refractivity contribution in [2.45, 2.75) is 6.61 Å². The minimum absolute atomic E-state index is 0.542. The zero-order valence-electron chi connectivity index (χ0n) is 6.66. The summed E-state index contributed by atoms with van der Waals surface area (Å²) in [6.07, 6.45) is 3.64. The SMILES string of the molecule is Cn1ccnc1COCCN. The summed E-state index contributed by atoms with van der Waals surface area (Å²) in [5.41, 5.74) is 5.25. The molecule has 0 aliphatic heterocycles. The lowest BCUT2D eigenvalue weighted by molar-refractivity contribution is 0.121. The number of hydrogen-bond acceptors (Lipinski definition) is 3. The molecule has 0 spiro atoms. The summed E-state index contributed by atoms with van der Waals surface area (Å²) in [4.78, 5) is 4.08. The van der Waals surface area contributed by atoms with Crippen molar-refractivity contribution in [1.29, 1.82) is 0 Å². The van der Waals surface area contributed by atoms with Crippen LogP contribution in [-0.2, 0) is 18.4 Å². The standard InChI is InChI=1S/C7H13N3O/c1-10-4-3-9-7(10)6-11-5-2-8/h3-4H,2,5-6,8H2,1H3. The Labute approximate surface area is 66.0 Å². The Balaban J connectivity index is 2.32. The minimum Gasteiger partial charge on any atom is -0.372 e. The monoisotopic (exact) mass is 155 g/mol. The van der Waals surface area contributed by atoms with Crippen LogP contribution in [0.2, 0.25) is 0 Å². The van der Waals surface area contributed by atoms with E-state index in [0.717, 1.165) is 5.82 Å². The van der Waals surface area contributed by atoms with E-state index in [1.54, 1.807) is 6.20 Å². The molecule has 62 valence electrons. The van der Waals surface area contributed by atoms with Gasteiger partial charge in [0.1, 0.15) is 12.4 Å². The van der Waals surface area contributed by atoms with Gasteiger partial charge in [0.25, 0.3) is 0 Å². The quantitative estimate of drug-likeness (QED) is 0.617. The van der Waals surface area contributed by atoms with Gasteiger partial charge in [-0.05, 0) is 0 Å². The topological polar surface area (TPSA) is 53.1 Å². The average Bonchev–Trinajstić information content (AvgIpc) is 2.37. The number of aryl methyl sites for hydroxylation is 1. The third kappa shape index (κ3) is 2.32. The highest BCUT2D eigenvalue weighted by molar-refractivity contribution is 4.88. The largest absolute Gasteiger partial charge is 0.372 e. The van der Waals surface area contributed by atoms with Gasteiger partial charge >= 0.3 is 0 Å². The Kier molecular flexibility index (Phi) is 3.07. The van der Waals surface area contributed by atoms with E-state index in [1.165, 1.54) is 0 Å². The van der Waals surface area contributed by atoms with Crippen LogP contribution >= 0.6 is 0 Å². The molecule has 0 aromatic carbocycles. The van der Waals surface area contributed by atoms with Crippen molar-refractivity contribution in [2.75, 3.05) is 13.2 Å². The van der Waals surface area contributed by atoms with E-state index in [0.29, 0.717) is 19.8 Å². The van der Waals surface area contributed by atoms with Crippen LogP contribution < -0.4 is 5.73 Å². The van der Waals surface area contributed by atoms with Crippen LogP contribution in [0, 0.1) is 0 Å². The average molecular weight is 155 g/mol. The molecule has 0 bridgehead atoms. The Bertz CT molecular complexity index is 209. The molecule has 0 aliphatic carbocycles. The zero-order chi connectivity index (χ0) is 8.10. The highest BCUT2D eigenvalue weighted by Gasteiger charge is 1.96. The molecular formula is C7H13N3O. The molecule has 0 radical (unpaired) electrons. The molecule has 0 amide bonds. The van der Waals surface area contributed by atoms with Gasteiger partial charge in [-0.25, -0.2) is 4.98 Å². The molecule has 0 saturated heterocycles. The van der Waals surface area contributed by atoms with E-state index in [1.807, 2.05) is 17.8 Å². The molecule has 1 aromatic rings. The molecule has 0 saturated carbocycles. The van der Waals surface area contributed by atoms with Gasteiger partial charge in [0.05, 0.1) is 6.61 Å². The number of nitrogens with zero attached hydrogens (tertiary/aromatic N) is 2. The second kappa shape index (κ2) is 4.10. The molecular weight excluding hydrogens is 142 g/mol. The molecule has 0 fully saturated rings. The van der Waals surface area contributed by atoms with Crippen molar-refractivity contribution in [1.82, 2.24) is 9.55 Å². The van der Waals surface area contributed by atoms with Crippen LogP contribution in [0.4, 0.5) is 0 Å². The number of aromatic nitrogens is 2. The van der Waals surface area contributed by atoms with Gasteiger partial charge < -0.3 is 15.0 Å². The summed E-state index contributed by atoms with van der Waals surface area (Å²) >= 11 is 0. The third-order valence-electron chi connectivity index (χ3n) is 1.41. The molecule has 11 heavy (non-hydrogen) atoms. The number of nitrogens with two attached hydrogens (primary N) is 1. The van der Waals surface area contributed by atoms with Crippen molar-refractivity contribution >= 4 is 0 Å². The first-order valence-electron chi connectivity index (χ1n) is 3.58. The first-order valence-corrected chi connectivity index (χ1v) is 3.58. The fraction of sp³-hybridized carbons (Fsp3) is 0.571. The van der Waals surface area contributed by atoms with E-state index >= 15 is 0 Å². The van der Waals surface area contributed by atoms with Gasteiger partial charge in [-0.2, -0.15) is 0 Å². The molecule has 1 aromatic heterocycles. The fourth-order valence-electron chi connectivity index (χ4n) is 0.782. The molecule has 0 atom stereocenters. The normalized spacial score (nSPS) is 10.4. The Morgan fingerprint density at radius 1 is 1.73 bits per heavy atom. The van der Waals surface area contributed by atoms with Gasteiger partial charge in [0, 0.05) is 26.0 Å². The van der Waals surface area contributed by atoms with E-state index in [9.17, 15) is 0 Å². The summed E-state index contributed by atoms with van der Waals surface area (Å²) in [6.45, 7) is 1.69. The third-order valence-corrected chi connectivity index (χ3v) is 1.41. The van der Waals surface area contributed by atoms with E-state index in [4.69, 9.17) is 10.5 Å². The lowest BCUT2D eigenvalue weighted by Crippen LogP contribution is -2.09. The van der Waals surface area contributed by atoms with Crippen LogP contribution in [-0.4, -0.2) is 22.7 Å². The fourth-order valence-corrected chi connectivity index (χ4v) is 0.782. The smallest absolute Gasteiger partial charge is 0.134 e. The van der Waals surface area contributed by atoms with Crippen LogP contribution in [0.25, 0.3) is 0 Å². The zero-order valence-corrected chi connectivity index (χ0v) is 6.66. The van der Waals surface area contributed by atoms with Crippen molar-refractivity contribution in [3.63, 3.8) is 0 Å². The van der Waals surface area contributed by atoms with Crippen molar-refractivity contribution in [3.8, 4) is 0 Å². The first kappa shape index (κ1) is 8.23. The maximum Gasteiger partial charge on any atom is 0.134 e. The molecule has 4 nitrogen and oxygen atoms in total. The summed E-state index contributed by atoms with van der Waals surface area (Å²) < 4.78 is 7.13. The molecule has 2 N–H and O–H groups in total. The summed E-state index contributed by atoms with van der Waals surface area (Å²) in [7, 11) is 1.94. The van der Waals surface area contributed by atoms with E-state index in [2.05, 4.69) is 4.98 Å². The lowest BCUT2D eigenvalue weighted by atomic mass is 10.6. The maximum absolute atomic E-state index is 5.25. The Morgan fingerprint density at radius 3 is 3.09 bits per heavy atom. The van der Waals surface area contributed by atoms with Gasteiger partial charge in [-0.1, -0.05) is 0 Å². The number of hydrogen-bond donors (Lipinski definition) is 1. The van der Waals surface area contributed by atoms with Crippen LogP contribution in [0.15, 0.2) is 12.4 Å². The summed E-state index contributed by atoms with van der Waals surface area (Å²) in [6, 6.07) is 0. The maximum atomic E-state index is 5.25. The van der Waals surface area contributed by atoms with Gasteiger partial charge in [0.15, 0.2) is 0 Å². The Hall–Kier alpha value is -0.870. The van der Waals surface area contributed by atoms with Crippen molar-refractivity contribution in [2.24, 2.45) is 12.8 Å². The summed E-state index contributed by atoms with van der Waals surface area (Å²) in [5, 5.41) is 0. The molecule has 0 unspecified atom stereocenters.